The molecule has 0 aromatic carbocycles. The molecule has 11 heteroatoms. The van der Waals surface area contributed by atoms with Crippen molar-refractivity contribution in [3.8, 4) is 5.88 Å². The largest absolute Gasteiger partial charge is 0.477 e. The second kappa shape index (κ2) is 7.89. The molecular formula is C22H23F3N6O2. The van der Waals surface area contributed by atoms with Crippen molar-refractivity contribution in [3.63, 3.8) is 0 Å². The van der Waals surface area contributed by atoms with Crippen LogP contribution < -0.4 is 10.1 Å². The van der Waals surface area contributed by atoms with E-state index in [1.165, 1.54) is 23.3 Å². The topological polar surface area (TPSA) is 85.2 Å². The number of hydrogen-bond donors (Lipinski definition) is 1. The minimum Gasteiger partial charge on any atom is -0.477 e. The fourth-order valence-electron chi connectivity index (χ4n) is 5.07. The Balaban J connectivity index is 1.31. The molecule has 5 heterocycles. The first-order valence-corrected chi connectivity index (χ1v) is 10.8. The zero-order valence-corrected chi connectivity index (χ0v) is 17.9. The molecule has 3 aliphatic rings. The van der Waals surface area contributed by atoms with Gasteiger partial charge in [-0.3, -0.25) is 4.79 Å². The van der Waals surface area contributed by atoms with Crippen LogP contribution in [0.5, 0.6) is 5.88 Å². The van der Waals surface area contributed by atoms with Crippen LogP contribution in [0.25, 0.3) is 0 Å². The number of aromatic nitrogens is 4. The van der Waals surface area contributed by atoms with E-state index in [-0.39, 0.29) is 36.4 Å². The third kappa shape index (κ3) is 3.75. The zero-order chi connectivity index (χ0) is 23.2. The highest BCUT2D eigenvalue weighted by Crippen LogP contribution is 2.44. The number of hydrogen-bond acceptors (Lipinski definition) is 6. The number of pyridine rings is 1. The molecule has 0 spiro atoms. The van der Waals surface area contributed by atoms with Crippen molar-refractivity contribution >= 4 is 5.91 Å². The summed E-state index contributed by atoms with van der Waals surface area (Å²) >= 11 is 0. The van der Waals surface area contributed by atoms with Gasteiger partial charge in [0, 0.05) is 36.0 Å². The molecule has 4 atom stereocenters. The van der Waals surface area contributed by atoms with E-state index in [4.69, 9.17) is 4.74 Å². The number of alkyl halides is 3. The van der Waals surface area contributed by atoms with E-state index in [1.807, 2.05) is 24.0 Å². The van der Waals surface area contributed by atoms with Crippen LogP contribution in [0.1, 0.15) is 31.7 Å². The number of fused-ring (bicyclic) bond motifs is 2. The van der Waals surface area contributed by atoms with Crippen molar-refractivity contribution < 1.29 is 22.7 Å². The highest BCUT2D eigenvalue weighted by molar-refractivity contribution is 5.88. The van der Waals surface area contributed by atoms with E-state index < -0.39 is 17.4 Å². The molecule has 0 radical (unpaired) electrons. The van der Waals surface area contributed by atoms with Gasteiger partial charge in [0.05, 0.1) is 24.6 Å². The quantitative estimate of drug-likeness (QED) is 0.739. The molecule has 0 saturated carbocycles. The Hall–Kier alpha value is -3.37. The number of allylic oxidation sites excluding steroid dienone is 3. The zero-order valence-electron chi connectivity index (χ0n) is 17.9. The van der Waals surface area contributed by atoms with Gasteiger partial charge in [-0.05, 0) is 44.4 Å². The monoisotopic (exact) mass is 460 g/mol. The maximum Gasteiger partial charge on any atom is 0.417 e. The average Bonchev–Trinajstić information content (AvgIpc) is 3.53. The van der Waals surface area contributed by atoms with Crippen molar-refractivity contribution in [2.24, 2.45) is 5.92 Å². The number of amides is 1. The number of dihydropyridines is 1. The normalized spacial score (nSPS) is 28.5. The van der Waals surface area contributed by atoms with E-state index in [2.05, 4.69) is 20.5 Å². The number of carbonyl (C=O) groups is 1. The highest BCUT2D eigenvalue weighted by atomic mass is 19.4. The number of ether oxygens (including phenoxy) is 1. The third-order valence-corrected chi connectivity index (χ3v) is 6.54. The maximum absolute atomic E-state index is 13.9. The van der Waals surface area contributed by atoms with Gasteiger partial charge >= 0.3 is 6.18 Å². The Labute approximate surface area is 188 Å². The fourth-order valence-corrected chi connectivity index (χ4v) is 5.07. The summed E-state index contributed by atoms with van der Waals surface area (Å²) in [7, 11) is 0. The fraction of sp³-hybridized carbons (Fsp3) is 0.455. The summed E-state index contributed by atoms with van der Waals surface area (Å²) in [4.78, 5) is 21.0. The molecule has 2 aromatic rings. The molecule has 1 N–H and O–H groups in total. The van der Waals surface area contributed by atoms with E-state index >= 15 is 0 Å². The minimum atomic E-state index is -4.44. The van der Waals surface area contributed by atoms with Crippen molar-refractivity contribution in [2.75, 3.05) is 6.61 Å². The van der Waals surface area contributed by atoms with E-state index in [1.54, 1.807) is 6.08 Å². The molecule has 33 heavy (non-hydrogen) atoms. The molecule has 1 amide bonds. The Morgan fingerprint density at radius 1 is 1.27 bits per heavy atom. The van der Waals surface area contributed by atoms with Crippen LogP contribution in [0, 0.1) is 5.92 Å². The molecule has 2 bridgehead atoms. The van der Waals surface area contributed by atoms with Crippen LogP contribution >= 0.6 is 0 Å². The molecule has 8 nitrogen and oxygen atoms in total. The van der Waals surface area contributed by atoms with E-state index in [0.29, 0.717) is 0 Å². The molecule has 2 saturated heterocycles. The Morgan fingerprint density at radius 3 is 2.73 bits per heavy atom. The summed E-state index contributed by atoms with van der Waals surface area (Å²) < 4.78 is 43.9. The van der Waals surface area contributed by atoms with Crippen molar-refractivity contribution in [1.82, 2.24) is 30.2 Å². The molecule has 0 aliphatic carbocycles. The predicted octanol–water partition coefficient (Wildman–Crippen LogP) is 2.87. The second-order valence-corrected chi connectivity index (χ2v) is 8.62. The van der Waals surface area contributed by atoms with Gasteiger partial charge in [-0.15, -0.1) is 4.80 Å². The standard InChI is InChI=1S/C22H23F3N6O2/c1-14-3-2-8-21(29-14,31-27-9-10-28-31)20(32)30-17-5-6-18(30)15(11-17)13-33-19-7-4-16(12-26-19)22(23,24)25/h2-4,7-10,12,15,17-18,29H,5-6,11,13H2,1H3. The van der Waals surface area contributed by atoms with Crippen molar-refractivity contribution in [1.29, 1.82) is 0 Å². The van der Waals surface area contributed by atoms with Gasteiger partial charge in [0.25, 0.3) is 5.91 Å². The first-order valence-electron chi connectivity index (χ1n) is 10.8. The lowest BCUT2D eigenvalue weighted by Gasteiger charge is -2.37. The smallest absolute Gasteiger partial charge is 0.417 e. The second-order valence-electron chi connectivity index (χ2n) is 8.62. The number of halogens is 3. The van der Waals surface area contributed by atoms with E-state index in [0.717, 1.165) is 37.2 Å². The molecule has 174 valence electrons. The summed E-state index contributed by atoms with van der Waals surface area (Å²) in [5, 5.41) is 11.7. The average molecular weight is 460 g/mol. The van der Waals surface area contributed by atoms with Gasteiger partial charge in [0.1, 0.15) is 0 Å². The lowest BCUT2D eigenvalue weighted by atomic mass is 9.90. The lowest BCUT2D eigenvalue weighted by Crippen LogP contribution is -2.60. The number of carbonyl (C=O) groups excluding carboxylic acids is 1. The lowest BCUT2D eigenvalue weighted by molar-refractivity contribution is -0.142. The number of nitrogens with one attached hydrogen (secondary N) is 1. The summed E-state index contributed by atoms with van der Waals surface area (Å²) in [5.41, 5.74) is -1.24. The molecule has 4 unspecified atom stereocenters. The van der Waals surface area contributed by atoms with Crippen LogP contribution in [-0.4, -0.2) is 49.5 Å². The highest BCUT2D eigenvalue weighted by Gasteiger charge is 2.55. The molecule has 3 aliphatic heterocycles. The third-order valence-electron chi connectivity index (χ3n) is 6.54. The van der Waals surface area contributed by atoms with Crippen molar-refractivity contribution in [3.05, 3.63) is 60.2 Å². The van der Waals surface area contributed by atoms with Crippen LogP contribution in [0.2, 0.25) is 0 Å². The van der Waals surface area contributed by atoms with Gasteiger partial charge < -0.3 is 15.0 Å². The predicted molar refractivity (Wildman–Crippen MR) is 111 cm³/mol. The summed E-state index contributed by atoms with van der Waals surface area (Å²) in [5.74, 6) is 0.0622. The SMILES string of the molecule is CC1=CC=CC(C(=O)N2C3CCC2C(COc2ccc(C(F)(F)F)cn2)C3)(n2nccn2)N1. The Morgan fingerprint density at radius 2 is 2.06 bits per heavy atom. The molecule has 2 fully saturated rings. The summed E-state index contributed by atoms with van der Waals surface area (Å²) in [6.45, 7) is 2.15. The molecule has 5 rings (SSSR count). The van der Waals surface area contributed by atoms with Gasteiger partial charge in [-0.2, -0.15) is 23.4 Å². The van der Waals surface area contributed by atoms with Gasteiger partial charge in [-0.25, -0.2) is 4.98 Å². The minimum absolute atomic E-state index is 0.0363. The Bertz CT molecular complexity index is 1080. The van der Waals surface area contributed by atoms with Gasteiger partial charge in [0.15, 0.2) is 0 Å². The summed E-state index contributed by atoms with van der Waals surface area (Å²) in [6.07, 6.45) is 7.35. The van der Waals surface area contributed by atoms with Crippen LogP contribution in [0.3, 0.4) is 0 Å². The summed E-state index contributed by atoms with van der Waals surface area (Å²) in [6, 6.07) is 2.20. The van der Waals surface area contributed by atoms with Gasteiger partial charge in [-0.1, -0.05) is 6.08 Å². The first-order chi connectivity index (χ1) is 15.8. The first kappa shape index (κ1) is 21.5. The maximum atomic E-state index is 13.9. The van der Waals surface area contributed by atoms with Gasteiger partial charge in [0.2, 0.25) is 11.5 Å². The Kier molecular flexibility index (Phi) is 5.13. The van der Waals surface area contributed by atoms with Crippen LogP contribution in [0.4, 0.5) is 13.2 Å². The van der Waals surface area contributed by atoms with Crippen molar-refractivity contribution in [2.45, 2.75) is 50.1 Å². The van der Waals surface area contributed by atoms with E-state index in [9.17, 15) is 18.0 Å². The number of nitrogens with zero attached hydrogens (tertiary/aromatic N) is 5. The number of rotatable bonds is 5. The van der Waals surface area contributed by atoms with Crippen LogP contribution in [-0.2, 0) is 16.6 Å². The molecular weight excluding hydrogens is 437 g/mol. The van der Waals surface area contributed by atoms with Crippen LogP contribution in [0.15, 0.2) is 54.6 Å². The molecule has 2 aromatic heterocycles.